The minimum atomic E-state index is -3.61. The van der Waals surface area contributed by atoms with Crippen LogP contribution < -0.4 is 4.72 Å². The Bertz CT molecular complexity index is 648. The lowest BCUT2D eigenvalue weighted by Crippen LogP contribution is -2.51. The van der Waals surface area contributed by atoms with Crippen molar-refractivity contribution in [3.8, 4) is 0 Å². The van der Waals surface area contributed by atoms with Crippen LogP contribution in [-0.2, 0) is 19.6 Å². The third kappa shape index (κ3) is 5.29. The molecule has 0 saturated carbocycles. The first-order valence-electron chi connectivity index (χ1n) is 8.23. The summed E-state index contributed by atoms with van der Waals surface area (Å²) >= 11 is 0. The van der Waals surface area contributed by atoms with E-state index < -0.39 is 21.5 Å². The topological polar surface area (TPSA) is 92.7 Å². The number of carbonyl (C=O) groups is 1. The Hall–Kier alpha value is -1.44. The van der Waals surface area contributed by atoms with E-state index in [0.29, 0.717) is 45.3 Å². The van der Waals surface area contributed by atoms with Crippen LogP contribution in [0.15, 0.2) is 29.2 Å². The second-order valence-electron chi connectivity index (χ2n) is 6.41. The number of ether oxygens (including phenoxy) is 1. The van der Waals surface area contributed by atoms with Crippen LogP contribution in [0.3, 0.4) is 0 Å². The number of sulfonamides is 1. The number of rotatable bonds is 8. The van der Waals surface area contributed by atoms with Crippen molar-refractivity contribution in [2.45, 2.75) is 55.9 Å². The third-order valence-corrected chi connectivity index (χ3v) is 6.02. The van der Waals surface area contributed by atoms with Crippen molar-refractivity contribution in [3.63, 3.8) is 0 Å². The molecule has 0 amide bonds. The smallest absolute Gasteiger partial charge is 0.303 e. The van der Waals surface area contributed by atoms with Gasteiger partial charge in [0, 0.05) is 25.2 Å². The molecule has 2 N–H and O–H groups in total. The lowest BCUT2D eigenvalue weighted by Gasteiger charge is -2.37. The summed E-state index contributed by atoms with van der Waals surface area (Å²) in [6.45, 7) is 2.93. The maximum absolute atomic E-state index is 12.7. The zero-order valence-electron chi connectivity index (χ0n) is 14.0. The number of unbranched alkanes of at least 4 members (excludes halogenated alkanes) is 1. The molecule has 1 aromatic rings. The molecular weight excluding hydrogens is 330 g/mol. The van der Waals surface area contributed by atoms with Gasteiger partial charge in [-0.2, -0.15) is 0 Å². The number of hydrogen-bond acceptors (Lipinski definition) is 4. The predicted molar refractivity (Wildman–Crippen MR) is 90.4 cm³/mol. The fourth-order valence-electron chi connectivity index (χ4n) is 2.97. The van der Waals surface area contributed by atoms with Gasteiger partial charge in [0.05, 0.1) is 4.90 Å². The fourth-order valence-corrected chi connectivity index (χ4v) is 4.45. The average Bonchev–Trinajstić information content (AvgIpc) is 2.52. The fraction of sp³-hybridized carbons (Fsp3) is 0.588. The maximum Gasteiger partial charge on any atom is 0.303 e. The molecule has 24 heavy (non-hydrogen) atoms. The number of hydrogen-bond donors (Lipinski definition) is 2. The van der Waals surface area contributed by atoms with Crippen molar-refractivity contribution in [1.82, 2.24) is 4.72 Å². The zero-order chi connectivity index (χ0) is 17.6. The Labute approximate surface area is 143 Å². The Morgan fingerprint density at radius 2 is 1.83 bits per heavy atom. The second-order valence-corrected chi connectivity index (χ2v) is 8.09. The van der Waals surface area contributed by atoms with Gasteiger partial charge < -0.3 is 9.84 Å². The predicted octanol–water partition coefficient (Wildman–Crippen LogP) is 2.47. The van der Waals surface area contributed by atoms with Crippen molar-refractivity contribution in [2.24, 2.45) is 0 Å². The van der Waals surface area contributed by atoms with E-state index >= 15 is 0 Å². The first-order valence-corrected chi connectivity index (χ1v) is 9.72. The van der Waals surface area contributed by atoms with Gasteiger partial charge in [-0.1, -0.05) is 24.1 Å². The van der Waals surface area contributed by atoms with Crippen LogP contribution in [0.5, 0.6) is 0 Å². The summed E-state index contributed by atoms with van der Waals surface area (Å²) < 4.78 is 33.7. The van der Waals surface area contributed by atoms with Crippen LogP contribution in [0.2, 0.25) is 0 Å². The number of benzene rings is 1. The number of carboxylic acids is 1. The summed E-state index contributed by atoms with van der Waals surface area (Å²) in [5, 5.41) is 8.74. The van der Waals surface area contributed by atoms with Crippen molar-refractivity contribution in [3.05, 3.63) is 29.8 Å². The summed E-state index contributed by atoms with van der Waals surface area (Å²) in [5.41, 5.74) is 0.448. The Balaban J connectivity index is 2.09. The van der Waals surface area contributed by atoms with Gasteiger partial charge in [-0.05, 0) is 44.7 Å². The van der Waals surface area contributed by atoms with Crippen LogP contribution in [0.25, 0.3) is 0 Å². The van der Waals surface area contributed by atoms with Gasteiger partial charge in [-0.15, -0.1) is 0 Å². The first kappa shape index (κ1) is 18.9. The van der Waals surface area contributed by atoms with Crippen LogP contribution in [-0.4, -0.2) is 38.2 Å². The standard InChI is InChI=1S/C17H25NO5S/c1-14-5-7-15(8-6-14)24(21,22)18-17(10-12-23-13-11-17)9-3-2-4-16(19)20/h5-8,18H,2-4,9-13H2,1H3,(H,19,20). The van der Waals surface area contributed by atoms with Crippen LogP contribution >= 0.6 is 0 Å². The molecule has 1 fully saturated rings. The van der Waals surface area contributed by atoms with Crippen LogP contribution in [0.4, 0.5) is 0 Å². The minimum Gasteiger partial charge on any atom is -0.481 e. The maximum atomic E-state index is 12.7. The number of carboxylic acid groups (broad SMARTS) is 1. The van der Waals surface area contributed by atoms with Crippen molar-refractivity contribution in [2.75, 3.05) is 13.2 Å². The Morgan fingerprint density at radius 3 is 2.42 bits per heavy atom. The van der Waals surface area contributed by atoms with Gasteiger partial charge in [-0.3, -0.25) is 4.79 Å². The molecule has 1 heterocycles. The SMILES string of the molecule is Cc1ccc(S(=O)(=O)NC2(CCCCC(=O)O)CCOCC2)cc1. The Morgan fingerprint density at radius 1 is 1.21 bits per heavy atom. The molecule has 1 aliphatic heterocycles. The average molecular weight is 355 g/mol. The molecule has 1 saturated heterocycles. The van der Waals surface area contributed by atoms with E-state index in [4.69, 9.17) is 9.84 Å². The largest absolute Gasteiger partial charge is 0.481 e. The van der Waals surface area contributed by atoms with Gasteiger partial charge in [0.15, 0.2) is 0 Å². The summed E-state index contributed by atoms with van der Waals surface area (Å²) in [6, 6.07) is 6.76. The lowest BCUT2D eigenvalue weighted by molar-refractivity contribution is -0.137. The van der Waals surface area contributed by atoms with Crippen molar-refractivity contribution >= 4 is 16.0 Å². The quantitative estimate of drug-likeness (QED) is 0.699. The van der Waals surface area contributed by atoms with Gasteiger partial charge >= 0.3 is 5.97 Å². The van der Waals surface area contributed by atoms with Gasteiger partial charge in [0.1, 0.15) is 0 Å². The van der Waals surface area contributed by atoms with E-state index in [0.717, 1.165) is 5.56 Å². The Kier molecular flexibility index (Phi) is 6.37. The van der Waals surface area contributed by atoms with Crippen molar-refractivity contribution in [1.29, 1.82) is 0 Å². The molecule has 1 aliphatic rings. The molecule has 1 aromatic carbocycles. The first-order chi connectivity index (χ1) is 11.3. The molecule has 2 rings (SSSR count). The molecule has 0 radical (unpaired) electrons. The van der Waals surface area contributed by atoms with E-state index in [9.17, 15) is 13.2 Å². The summed E-state index contributed by atoms with van der Waals surface area (Å²) in [4.78, 5) is 10.9. The summed E-state index contributed by atoms with van der Waals surface area (Å²) in [5.74, 6) is -0.823. The van der Waals surface area contributed by atoms with E-state index in [1.54, 1.807) is 24.3 Å². The second kappa shape index (κ2) is 8.09. The molecule has 0 aliphatic carbocycles. The van der Waals surface area contributed by atoms with E-state index in [-0.39, 0.29) is 11.3 Å². The normalized spacial score (nSPS) is 17.5. The van der Waals surface area contributed by atoms with Gasteiger partial charge in [-0.25, -0.2) is 13.1 Å². The number of aliphatic carboxylic acids is 1. The van der Waals surface area contributed by atoms with E-state index in [1.165, 1.54) is 0 Å². The zero-order valence-corrected chi connectivity index (χ0v) is 14.8. The molecule has 0 spiro atoms. The molecule has 0 unspecified atom stereocenters. The highest BCUT2D eigenvalue weighted by atomic mass is 32.2. The molecule has 134 valence electrons. The number of aryl methyl sites for hydroxylation is 1. The van der Waals surface area contributed by atoms with E-state index in [1.807, 2.05) is 6.92 Å². The summed E-state index contributed by atoms with van der Waals surface area (Å²) in [6.07, 6.45) is 3.15. The van der Waals surface area contributed by atoms with Gasteiger partial charge in [0.2, 0.25) is 10.0 Å². The van der Waals surface area contributed by atoms with Gasteiger partial charge in [0.25, 0.3) is 0 Å². The summed E-state index contributed by atoms with van der Waals surface area (Å²) in [7, 11) is -3.61. The molecule has 0 bridgehead atoms. The van der Waals surface area contributed by atoms with Crippen LogP contribution in [0, 0.1) is 6.92 Å². The molecule has 7 heteroatoms. The molecule has 0 aromatic heterocycles. The highest BCUT2D eigenvalue weighted by Crippen LogP contribution is 2.29. The third-order valence-electron chi connectivity index (χ3n) is 4.43. The molecule has 0 atom stereocenters. The molecule has 6 nitrogen and oxygen atoms in total. The van der Waals surface area contributed by atoms with Crippen molar-refractivity contribution < 1.29 is 23.1 Å². The minimum absolute atomic E-state index is 0.108. The number of nitrogens with one attached hydrogen (secondary N) is 1. The molecular formula is C17H25NO5S. The highest BCUT2D eigenvalue weighted by Gasteiger charge is 2.36. The van der Waals surface area contributed by atoms with Crippen LogP contribution in [0.1, 0.15) is 44.1 Å². The highest BCUT2D eigenvalue weighted by molar-refractivity contribution is 7.89. The monoisotopic (exact) mass is 355 g/mol. The van der Waals surface area contributed by atoms with E-state index in [2.05, 4.69) is 4.72 Å². The lowest BCUT2D eigenvalue weighted by atomic mass is 9.86.